The first-order valence-electron chi connectivity index (χ1n) is 7.72. The molecule has 2 heterocycles. The molecule has 0 saturated carbocycles. The van der Waals surface area contributed by atoms with Crippen molar-refractivity contribution >= 4 is 0 Å². The molecule has 0 aromatic rings. The van der Waals surface area contributed by atoms with Crippen molar-refractivity contribution in [3.8, 4) is 0 Å². The lowest BCUT2D eigenvalue weighted by atomic mass is 9.85. The lowest BCUT2D eigenvalue weighted by molar-refractivity contribution is 0.229. The van der Waals surface area contributed by atoms with Gasteiger partial charge in [-0.15, -0.1) is 0 Å². The van der Waals surface area contributed by atoms with Crippen LogP contribution in [0.15, 0.2) is 0 Å². The van der Waals surface area contributed by atoms with Crippen molar-refractivity contribution in [2.45, 2.75) is 46.0 Å². The molecule has 2 heteroatoms. The van der Waals surface area contributed by atoms with Gasteiger partial charge >= 0.3 is 0 Å². The largest absolute Gasteiger partial charge is 0.316 e. The average Bonchev–Trinajstić information content (AvgIpc) is 2.85. The van der Waals surface area contributed by atoms with Gasteiger partial charge in [-0.3, -0.25) is 0 Å². The van der Waals surface area contributed by atoms with Crippen LogP contribution in [-0.4, -0.2) is 37.6 Å². The molecular formula is C15H30N2. The predicted octanol–water partition coefficient (Wildman–Crippen LogP) is 2.74. The van der Waals surface area contributed by atoms with Gasteiger partial charge in [0.25, 0.3) is 0 Å². The van der Waals surface area contributed by atoms with Crippen molar-refractivity contribution in [1.82, 2.24) is 10.2 Å². The van der Waals surface area contributed by atoms with Crippen molar-refractivity contribution in [2.24, 2.45) is 17.8 Å². The van der Waals surface area contributed by atoms with E-state index in [1.165, 1.54) is 64.8 Å². The highest BCUT2D eigenvalue weighted by Crippen LogP contribution is 2.24. The molecule has 0 amide bonds. The van der Waals surface area contributed by atoms with Crippen LogP contribution in [0.2, 0.25) is 0 Å². The molecule has 17 heavy (non-hydrogen) atoms. The van der Waals surface area contributed by atoms with E-state index in [0.717, 1.165) is 17.8 Å². The van der Waals surface area contributed by atoms with Gasteiger partial charge in [-0.25, -0.2) is 0 Å². The van der Waals surface area contributed by atoms with E-state index in [0.29, 0.717) is 0 Å². The summed E-state index contributed by atoms with van der Waals surface area (Å²) in [4.78, 5) is 2.70. The lowest BCUT2D eigenvalue weighted by Gasteiger charge is -2.29. The monoisotopic (exact) mass is 238 g/mol. The quantitative estimate of drug-likeness (QED) is 0.792. The SMILES string of the molecule is CCC1CCN(CCC(C)C2CCCNC2)C1. The van der Waals surface area contributed by atoms with Crippen LogP contribution in [0.5, 0.6) is 0 Å². The van der Waals surface area contributed by atoms with Crippen LogP contribution >= 0.6 is 0 Å². The molecule has 2 aliphatic rings. The Balaban J connectivity index is 1.64. The molecule has 2 aliphatic heterocycles. The topological polar surface area (TPSA) is 15.3 Å². The molecule has 2 saturated heterocycles. The maximum atomic E-state index is 3.55. The summed E-state index contributed by atoms with van der Waals surface area (Å²) in [5.74, 6) is 2.83. The number of hydrogen-bond acceptors (Lipinski definition) is 2. The number of likely N-dealkylation sites (tertiary alicyclic amines) is 1. The van der Waals surface area contributed by atoms with Gasteiger partial charge in [-0.2, -0.15) is 0 Å². The molecule has 0 radical (unpaired) electrons. The number of nitrogens with zero attached hydrogens (tertiary/aromatic N) is 1. The van der Waals surface area contributed by atoms with E-state index in [9.17, 15) is 0 Å². The molecule has 2 fully saturated rings. The van der Waals surface area contributed by atoms with E-state index in [4.69, 9.17) is 0 Å². The third kappa shape index (κ3) is 3.96. The van der Waals surface area contributed by atoms with E-state index in [1.54, 1.807) is 0 Å². The van der Waals surface area contributed by atoms with Gasteiger partial charge < -0.3 is 10.2 Å². The average molecular weight is 238 g/mol. The van der Waals surface area contributed by atoms with Crippen LogP contribution in [0.25, 0.3) is 0 Å². The van der Waals surface area contributed by atoms with E-state index in [2.05, 4.69) is 24.1 Å². The highest BCUT2D eigenvalue weighted by Gasteiger charge is 2.23. The fourth-order valence-electron chi connectivity index (χ4n) is 3.44. The molecule has 0 spiro atoms. The summed E-state index contributed by atoms with van der Waals surface area (Å²) in [6.07, 6.45) is 7.06. The molecule has 0 aliphatic carbocycles. The third-order valence-corrected chi connectivity index (χ3v) is 4.99. The second-order valence-corrected chi connectivity index (χ2v) is 6.24. The van der Waals surface area contributed by atoms with Crippen molar-refractivity contribution in [2.75, 3.05) is 32.7 Å². The molecule has 0 bridgehead atoms. The molecule has 0 aromatic carbocycles. The molecule has 2 nitrogen and oxygen atoms in total. The first kappa shape index (κ1) is 13.4. The van der Waals surface area contributed by atoms with E-state index in [1.807, 2.05) is 0 Å². The second kappa shape index (κ2) is 6.75. The third-order valence-electron chi connectivity index (χ3n) is 4.99. The first-order valence-corrected chi connectivity index (χ1v) is 7.72. The Morgan fingerprint density at radius 2 is 2.24 bits per heavy atom. The summed E-state index contributed by atoms with van der Waals surface area (Å²) in [5, 5.41) is 3.55. The van der Waals surface area contributed by atoms with Gasteiger partial charge in [0.2, 0.25) is 0 Å². The van der Waals surface area contributed by atoms with Gasteiger partial charge in [0, 0.05) is 6.54 Å². The molecule has 2 rings (SSSR count). The van der Waals surface area contributed by atoms with Crippen molar-refractivity contribution in [3.63, 3.8) is 0 Å². The minimum atomic E-state index is 0.906. The number of hydrogen-bond donors (Lipinski definition) is 1. The number of nitrogens with one attached hydrogen (secondary N) is 1. The summed E-state index contributed by atoms with van der Waals surface area (Å²) in [5.41, 5.74) is 0. The Hall–Kier alpha value is -0.0800. The van der Waals surface area contributed by atoms with E-state index < -0.39 is 0 Å². The zero-order valence-corrected chi connectivity index (χ0v) is 11.8. The molecule has 3 atom stereocenters. The van der Waals surface area contributed by atoms with Crippen LogP contribution < -0.4 is 5.32 Å². The normalized spacial score (nSPS) is 32.8. The van der Waals surface area contributed by atoms with Crippen molar-refractivity contribution in [1.29, 1.82) is 0 Å². The highest BCUT2D eigenvalue weighted by atomic mass is 15.1. The van der Waals surface area contributed by atoms with Crippen LogP contribution in [0, 0.1) is 17.8 Å². The highest BCUT2D eigenvalue weighted by molar-refractivity contribution is 4.78. The van der Waals surface area contributed by atoms with Crippen molar-refractivity contribution < 1.29 is 0 Å². The van der Waals surface area contributed by atoms with Crippen LogP contribution in [0.4, 0.5) is 0 Å². The summed E-state index contributed by atoms with van der Waals surface area (Å²) in [6, 6.07) is 0. The minimum Gasteiger partial charge on any atom is -0.316 e. The Morgan fingerprint density at radius 1 is 1.35 bits per heavy atom. The molecule has 3 unspecified atom stereocenters. The Bertz CT molecular complexity index is 211. The maximum Gasteiger partial charge on any atom is 0.00100 e. The van der Waals surface area contributed by atoms with Crippen molar-refractivity contribution in [3.05, 3.63) is 0 Å². The Kier molecular flexibility index (Phi) is 5.30. The van der Waals surface area contributed by atoms with E-state index >= 15 is 0 Å². The number of rotatable bonds is 5. The zero-order valence-electron chi connectivity index (χ0n) is 11.8. The van der Waals surface area contributed by atoms with E-state index in [-0.39, 0.29) is 0 Å². The van der Waals surface area contributed by atoms with Gasteiger partial charge in [0.05, 0.1) is 0 Å². The Labute approximate surface area is 107 Å². The summed E-state index contributed by atoms with van der Waals surface area (Å²) in [6.45, 7) is 11.4. The maximum absolute atomic E-state index is 3.55. The van der Waals surface area contributed by atoms with Crippen LogP contribution in [0.3, 0.4) is 0 Å². The zero-order chi connectivity index (χ0) is 12.1. The summed E-state index contributed by atoms with van der Waals surface area (Å²) >= 11 is 0. The molecular weight excluding hydrogens is 208 g/mol. The standard InChI is InChI=1S/C15H30N2/c1-3-14-7-10-17(12-14)9-6-13(2)15-5-4-8-16-11-15/h13-16H,3-12H2,1-2H3. The lowest BCUT2D eigenvalue weighted by Crippen LogP contribution is -2.34. The number of piperidine rings is 1. The van der Waals surface area contributed by atoms with Crippen LogP contribution in [-0.2, 0) is 0 Å². The summed E-state index contributed by atoms with van der Waals surface area (Å²) in [7, 11) is 0. The van der Waals surface area contributed by atoms with Gasteiger partial charge in [0.1, 0.15) is 0 Å². The first-order chi connectivity index (χ1) is 8.29. The fourth-order valence-corrected chi connectivity index (χ4v) is 3.44. The molecule has 0 aromatic heterocycles. The molecule has 100 valence electrons. The van der Waals surface area contributed by atoms with Gasteiger partial charge in [-0.1, -0.05) is 20.3 Å². The van der Waals surface area contributed by atoms with Crippen LogP contribution in [0.1, 0.15) is 46.0 Å². The van der Waals surface area contributed by atoms with Gasteiger partial charge in [0.15, 0.2) is 0 Å². The smallest absolute Gasteiger partial charge is 0.00100 e. The predicted molar refractivity (Wildman–Crippen MR) is 74.2 cm³/mol. The molecule has 1 N–H and O–H groups in total. The van der Waals surface area contributed by atoms with Gasteiger partial charge in [-0.05, 0) is 69.6 Å². The summed E-state index contributed by atoms with van der Waals surface area (Å²) < 4.78 is 0. The fraction of sp³-hybridized carbons (Fsp3) is 1.00. The minimum absolute atomic E-state index is 0.906. The Morgan fingerprint density at radius 3 is 2.88 bits per heavy atom. The second-order valence-electron chi connectivity index (χ2n) is 6.24.